The monoisotopic (exact) mass is 333 g/mol. The summed E-state index contributed by atoms with van der Waals surface area (Å²) >= 11 is 3.08. The molecule has 22 heavy (non-hydrogen) atoms. The molecule has 1 aromatic carbocycles. The van der Waals surface area contributed by atoms with Crippen molar-refractivity contribution >= 4 is 50.0 Å². The summed E-state index contributed by atoms with van der Waals surface area (Å²) in [5.41, 5.74) is 2.22. The Morgan fingerprint density at radius 2 is 2.14 bits per heavy atom. The maximum atomic E-state index is 11.0. The summed E-state index contributed by atoms with van der Waals surface area (Å²) in [5, 5.41) is 10.6. The third kappa shape index (κ3) is 2.48. The van der Waals surface area contributed by atoms with Gasteiger partial charge in [0.2, 0.25) is 0 Å². The molecular formula is C15H15N3O2S2. The highest BCUT2D eigenvalue weighted by Gasteiger charge is 2.27. The molecular weight excluding hydrogens is 318 g/mol. The van der Waals surface area contributed by atoms with Crippen LogP contribution in [-0.4, -0.2) is 46.0 Å². The van der Waals surface area contributed by atoms with E-state index < -0.39 is 12.0 Å². The predicted octanol–water partition coefficient (Wildman–Crippen LogP) is 2.84. The lowest BCUT2D eigenvalue weighted by molar-refractivity contribution is -0.137. The van der Waals surface area contributed by atoms with Crippen molar-refractivity contribution in [3.8, 4) is 0 Å². The molecule has 1 aromatic heterocycles. The number of anilines is 1. The maximum Gasteiger partial charge on any atom is 0.329 e. The summed E-state index contributed by atoms with van der Waals surface area (Å²) in [7, 11) is 0. The van der Waals surface area contributed by atoms with Crippen molar-refractivity contribution in [2.24, 2.45) is 4.99 Å². The molecule has 0 radical (unpaired) electrons. The van der Waals surface area contributed by atoms with Crippen LogP contribution in [0.4, 0.5) is 5.69 Å². The van der Waals surface area contributed by atoms with E-state index in [9.17, 15) is 4.79 Å². The third-order valence-electron chi connectivity index (χ3n) is 3.96. The van der Waals surface area contributed by atoms with Crippen molar-refractivity contribution in [3.63, 3.8) is 0 Å². The summed E-state index contributed by atoms with van der Waals surface area (Å²) in [5.74, 6) is -0.362. The third-order valence-corrected chi connectivity index (χ3v) is 6.17. The van der Waals surface area contributed by atoms with E-state index in [4.69, 9.17) is 5.11 Å². The molecule has 0 spiro atoms. The SMILES string of the molecule is O=C(O)C1CSC(c2nc3ccc(N4CCCC4)cc3s2)=N1. The van der Waals surface area contributed by atoms with E-state index in [0.717, 1.165) is 33.4 Å². The Morgan fingerprint density at radius 3 is 2.86 bits per heavy atom. The second-order valence-electron chi connectivity index (χ2n) is 5.46. The first-order valence-corrected chi connectivity index (χ1v) is 9.10. The number of aliphatic imine (C=N–C) groups is 1. The van der Waals surface area contributed by atoms with E-state index in [1.54, 1.807) is 11.3 Å². The van der Waals surface area contributed by atoms with Crippen LogP contribution in [0.1, 0.15) is 17.8 Å². The number of aliphatic carboxylic acids is 1. The van der Waals surface area contributed by atoms with Crippen molar-refractivity contribution in [3.05, 3.63) is 23.2 Å². The molecule has 0 amide bonds. The number of carboxylic acids is 1. The van der Waals surface area contributed by atoms with Crippen LogP contribution in [0.3, 0.4) is 0 Å². The highest BCUT2D eigenvalue weighted by Crippen LogP contribution is 2.32. The molecule has 2 aliphatic rings. The normalized spacial score (nSPS) is 21.5. The van der Waals surface area contributed by atoms with E-state index in [-0.39, 0.29) is 0 Å². The first-order valence-electron chi connectivity index (χ1n) is 7.30. The molecule has 7 heteroatoms. The van der Waals surface area contributed by atoms with Crippen LogP contribution in [-0.2, 0) is 4.79 Å². The van der Waals surface area contributed by atoms with Gasteiger partial charge in [0.1, 0.15) is 10.1 Å². The van der Waals surface area contributed by atoms with E-state index in [1.165, 1.54) is 30.3 Å². The zero-order valence-corrected chi connectivity index (χ0v) is 13.5. The van der Waals surface area contributed by atoms with Gasteiger partial charge in [0.05, 0.1) is 10.2 Å². The second-order valence-corrected chi connectivity index (χ2v) is 7.50. The summed E-state index contributed by atoms with van der Waals surface area (Å²) < 4.78 is 1.14. The van der Waals surface area contributed by atoms with E-state index in [2.05, 4.69) is 33.1 Å². The van der Waals surface area contributed by atoms with Crippen LogP contribution in [0.15, 0.2) is 23.2 Å². The number of thiazole rings is 1. The molecule has 114 valence electrons. The minimum Gasteiger partial charge on any atom is -0.480 e. The molecule has 1 saturated heterocycles. The molecule has 3 heterocycles. The number of rotatable bonds is 3. The Hall–Kier alpha value is -1.60. The highest BCUT2D eigenvalue weighted by atomic mass is 32.2. The smallest absolute Gasteiger partial charge is 0.329 e. The lowest BCUT2D eigenvalue weighted by atomic mass is 10.3. The number of nitrogens with zero attached hydrogens (tertiary/aromatic N) is 3. The molecule has 1 N–H and O–H groups in total. The van der Waals surface area contributed by atoms with Gasteiger partial charge in [-0.1, -0.05) is 0 Å². The molecule has 1 fully saturated rings. The molecule has 0 aliphatic carbocycles. The Morgan fingerprint density at radius 1 is 1.32 bits per heavy atom. The van der Waals surface area contributed by atoms with Crippen molar-refractivity contribution in [1.82, 2.24) is 4.98 Å². The van der Waals surface area contributed by atoms with Gasteiger partial charge in [-0.2, -0.15) is 0 Å². The highest BCUT2D eigenvalue weighted by molar-refractivity contribution is 8.15. The van der Waals surface area contributed by atoms with Gasteiger partial charge >= 0.3 is 5.97 Å². The fraction of sp³-hybridized carbons (Fsp3) is 0.400. The molecule has 2 aromatic rings. The van der Waals surface area contributed by atoms with Crippen molar-refractivity contribution in [1.29, 1.82) is 0 Å². The fourth-order valence-corrected chi connectivity index (χ4v) is 4.89. The van der Waals surface area contributed by atoms with Gasteiger partial charge in [-0.25, -0.2) is 9.78 Å². The van der Waals surface area contributed by atoms with E-state index in [0.29, 0.717) is 5.75 Å². The van der Waals surface area contributed by atoms with E-state index >= 15 is 0 Å². The first-order chi connectivity index (χ1) is 10.7. The predicted molar refractivity (Wildman–Crippen MR) is 91.5 cm³/mol. The Labute approximate surface area is 136 Å². The first kappa shape index (κ1) is 14.0. The van der Waals surface area contributed by atoms with Crippen LogP contribution in [0.25, 0.3) is 10.2 Å². The Kier molecular flexibility index (Phi) is 3.54. The number of hydrogen-bond acceptors (Lipinski definition) is 6. The van der Waals surface area contributed by atoms with Gasteiger partial charge in [0, 0.05) is 24.5 Å². The Bertz CT molecular complexity index is 765. The molecule has 0 saturated carbocycles. The summed E-state index contributed by atoms with van der Waals surface area (Å²) in [6, 6.07) is 5.74. The van der Waals surface area contributed by atoms with Gasteiger partial charge < -0.3 is 10.0 Å². The molecule has 1 atom stereocenters. The van der Waals surface area contributed by atoms with Gasteiger partial charge in [-0.15, -0.1) is 23.1 Å². The molecule has 1 unspecified atom stereocenters. The number of benzene rings is 1. The molecule has 0 bridgehead atoms. The van der Waals surface area contributed by atoms with Gasteiger partial charge in [-0.05, 0) is 31.0 Å². The van der Waals surface area contributed by atoms with Crippen molar-refractivity contribution in [2.45, 2.75) is 18.9 Å². The number of carboxylic acid groups (broad SMARTS) is 1. The molecule has 5 nitrogen and oxygen atoms in total. The van der Waals surface area contributed by atoms with Crippen molar-refractivity contribution in [2.75, 3.05) is 23.7 Å². The number of fused-ring (bicyclic) bond motifs is 1. The fourth-order valence-electron chi connectivity index (χ4n) is 2.79. The number of thioether (sulfide) groups is 1. The standard InChI is InChI=1S/C15H15N3O2S2/c19-15(20)11-8-21-13(17-11)14-16-10-4-3-9(7-12(10)22-14)18-5-1-2-6-18/h3-4,7,11H,1-2,5-6,8H2,(H,19,20). The maximum absolute atomic E-state index is 11.0. The van der Waals surface area contributed by atoms with Crippen LogP contribution in [0.5, 0.6) is 0 Å². The minimum absolute atomic E-state index is 0.500. The van der Waals surface area contributed by atoms with Crippen LogP contribution < -0.4 is 4.90 Å². The average Bonchev–Trinajstić information content (AvgIpc) is 3.25. The van der Waals surface area contributed by atoms with Gasteiger partial charge in [-0.3, -0.25) is 4.99 Å². The Balaban J connectivity index is 1.66. The number of aromatic nitrogens is 1. The average molecular weight is 333 g/mol. The second kappa shape index (κ2) is 5.55. The summed E-state index contributed by atoms with van der Waals surface area (Å²) in [4.78, 5) is 22.3. The van der Waals surface area contributed by atoms with Crippen LogP contribution in [0.2, 0.25) is 0 Å². The lowest BCUT2D eigenvalue weighted by Crippen LogP contribution is -2.17. The minimum atomic E-state index is -0.861. The summed E-state index contributed by atoms with van der Waals surface area (Å²) in [6.45, 7) is 2.25. The van der Waals surface area contributed by atoms with Crippen LogP contribution in [0, 0.1) is 0 Å². The van der Waals surface area contributed by atoms with E-state index in [1.807, 2.05) is 0 Å². The summed E-state index contributed by atoms with van der Waals surface area (Å²) in [6.07, 6.45) is 2.52. The molecule has 2 aliphatic heterocycles. The number of carbonyl (C=O) groups is 1. The topological polar surface area (TPSA) is 65.8 Å². The largest absolute Gasteiger partial charge is 0.480 e. The molecule has 4 rings (SSSR count). The van der Waals surface area contributed by atoms with Crippen LogP contribution >= 0.6 is 23.1 Å². The van der Waals surface area contributed by atoms with Gasteiger partial charge in [0.15, 0.2) is 6.04 Å². The lowest BCUT2D eigenvalue weighted by Gasteiger charge is -2.16. The van der Waals surface area contributed by atoms with Crippen molar-refractivity contribution < 1.29 is 9.90 Å². The zero-order valence-electron chi connectivity index (χ0n) is 11.9. The van der Waals surface area contributed by atoms with Gasteiger partial charge in [0.25, 0.3) is 0 Å². The zero-order chi connectivity index (χ0) is 15.1. The quantitative estimate of drug-likeness (QED) is 0.935. The number of hydrogen-bond donors (Lipinski definition) is 1.